The lowest BCUT2D eigenvalue weighted by Crippen LogP contribution is -2.47. The van der Waals surface area contributed by atoms with Crippen LogP contribution in [0, 0.1) is 0 Å². The van der Waals surface area contributed by atoms with Crippen LogP contribution in [0.5, 0.6) is 0 Å². The fraction of sp³-hybridized carbons (Fsp3) is 0.304. The van der Waals surface area contributed by atoms with Crippen LogP contribution in [-0.2, 0) is 20.7 Å². The Hall–Kier alpha value is -3.46. The quantitative estimate of drug-likeness (QED) is 0.514. The van der Waals surface area contributed by atoms with E-state index >= 15 is 0 Å². The highest BCUT2D eigenvalue weighted by molar-refractivity contribution is 7.22. The summed E-state index contributed by atoms with van der Waals surface area (Å²) in [6.45, 7) is 6.71. The summed E-state index contributed by atoms with van der Waals surface area (Å²) in [5, 5.41) is 8.57. The maximum Gasteiger partial charge on any atom is 0.408 e. The Morgan fingerprint density at radius 3 is 2.44 bits per heavy atom. The van der Waals surface area contributed by atoms with E-state index in [2.05, 4.69) is 20.9 Å². The van der Waals surface area contributed by atoms with Crippen molar-refractivity contribution in [3.8, 4) is 0 Å². The zero-order chi connectivity index (χ0) is 23.3. The van der Waals surface area contributed by atoms with Crippen molar-refractivity contribution >= 4 is 50.3 Å². The van der Waals surface area contributed by atoms with Crippen LogP contribution >= 0.6 is 11.3 Å². The largest absolute Gasteiger partial charge is 0.444 e. The van der Waals surface area contributed by atoms with Crippen molar-refractivity contribution in [2.75, 3.05) is 10.6 Å². The molecule has 3 N–H and O–H groups in total. The molecule has 3 rings (SSSR count). The third-order valence-electron chi connectivity index (χ3n) is 4.23. The molecule has 0 aliphatic rings. The normalized spacial score (nSPS) is 12.1. The van der Waals surface area contributed by atoms with Crippen LogP contribution in [0.4, 0.5) is 15.6 Å². The summed E-state index contributed by atoms with van der Waals surface area (Å²) in [7, 11) is 0. The number of amides is 3. The first-order valence-electron chi connectivity index (χ1n) is 10.1. The number of alkyl carbamates (subject to hydrolysis) is 1. The van der Waals surface area contributed by atoms with Gasteiger partial charge in [0.25, 0.3) is 0 Å². The van der Waals surface area contributed by atoms with Crippen molar-refractivity contribution in [1.29, 1.82) is 0 Å². The van der Waals surface area contributed by atoms with E-state index in [4.69, 9.17) is 4.74 Å². The van der Waals surface area contributed by atoms with Gasteiger partial charge >= 0.3 is 6.09 Å². The van der Waals surface area contributed by atoms with Crippen LogP contribution in [0.2, 0.25) is 0 Å². The second-order valence-corrected chi connectivity index (χ2v) is 9.29. The Kier molecular flexibility index (Phi) is 7.09. The lowest BCUT2D eigenvalue weighted by molar-refractivity contribution is -0.118. The summed E-state index contributed by atoms with van der Waals surface area (Å²) in [6, 6.07) is 13.9. The number of ether oxygens (including phenoxy) is 1. The van der Waals surface area contributed by atoms with Gasteiger partial charge in [-0.3, -0.25) is 9.59 Å². The monoisotopic (exact) mass is 454 g/mol. The van der Waals surface area contributed by atoms with Crippen LogP contribution < -0.4 is 16.0 Å². The molecule has 0 saturated carbocycles. The van der Waals surface area contributed by atoms with Crippen molar-refractivity contribution in [3.63, 3.8) is 0 Å². The summed E-state index contributed by atoms with van der Waals surface area (Å²) < 4.78 is 6.13. The molecular formula is C23H26N4O4S. The Balaban J connectivity index is 1.77. The van der Waals surface area contributed by atoms with Crippen LogP contribution in [0.25, 0.3) is 10.2 Å². The maximum atomic E-state index is 13.0. The molecule has 32 heavy (non-hydrogen) atoms. The van der Waals surface area contributed by atoms with Crippen LogP contribution in [0.3, 0.4) is 0 Å². The SMILES string of the molecule is CC(=O)Nc1ccc2nc(NC(=O)C(Cc3ccccc3)NC(=O)OC(C)(C)C)sc2c1. The number of nitrogens with zero attached hydrogens (tertiary/aromatic N) is 1. The van der Waals surface area contributed by atoms with Gasteiger partial charge in [-0.15, -0.1) is 0 Å². The molecular weight excluding hydrogens is 428 g/mol. The summed E-state index contributed by atoms with van der Waals surface area (Å²) in [6.07, 6.45) is -0.374. The molecule has 3 aromatic rings. The van der Waals surface area contributed by atoms with Gasteiger partial charge in [0.15, 0.2) is 5.13 Å². The van der Waals surface area contributed by atoms with Crippen LogP contribution in [0.1, 0.15) is 33.3 Å². The second kappa shape index (κ2) is 9.78. The molecule has 168 valence electrons. The summed E-state index contributed by atoms with van der Waals surface area (Å²) in [4.78, 5) is 41.1. The first kappa shape index (κ1) is 23.2. The topological polar surface area (TPSA) is 109 Å². The average molecular weight is 455 g/mol. The molecule has 0 radical (unpaired) electrons. The van der Waals surface area contributed by atoms with E-state index in [0.717, 1.165) is 10.3 Å². The van der Waals surface area contributed by atoms with Gasteiger partial charge in [0.1, 0.15) is 11.6 Å². The predicted octanol–water partition coefficient (Wildman–Crippen LogP) is 4.33. The number of fused-ring (bicyclic) bond motifs is 1. The van der Waals surface area contributed by atoms with Crippen LogP contribution in [0.15, 0.2) is 48.5 Å². The number of benzene rings is 2. The molecule has 3 amide bonds. The minimum absolute atomic E-state index is 0.167. The van der Waals surface area contributed by atoms with Crippen molar-refractivity contribution < 1.29 is 19.1 Å². The molecule has 1 aromatic heterocycles. The minimum atomic E-state index is -0.853. The number of thiazole rings is 1. The molecule has 1 heterocycles. The van der Waals surface area contributed by atoms with E-state index in [1.165, 1.54) is 18.3 Å². The van der Waals surface area contributed by atoms with Gasteiger partial charge in [-0.1, -0.05) is 41.7 Å². The molecule has 0 aliphatic carbocycles. The number of hydrogen-bond donors (Lipinski definition) is 3. The van der Waals surface area contributed by atoms with E-state index in [1.807, 2.05) is 30.3 Å². The molecule has 0 spiro atoms. The summed E-state index contributed by atoms with van der Waals surface area (Å²) in [5.74, 6) is -0.569. The number of hydrogen-bond acceptors (Lipinski definition) is 6. The zero-order valence-corrected chi connectivity index (χ0v) is 19.2. The molecule has 9 heteroatoms. The number of carbonyl (C=O) groups is 3. The molecule has 8 nitrogen and oxygen atoms in total. The minimum Gasteiger partial charge on any atom is -0.444 e. The highest BCUT2D eigenvalue weighted by Gasteiger charge is 2.25. The van der Waals surface area contributed by atoms with Gasteiger partial charge in [0.2, 0.25) is 11.8 Å². The highest BCUT2D eigenvalue weighted by atomic mass is 32.1. The van der Waals surface area contributed by atoms with Crippen molar-refractivity contribution in [2.24, 2.45) is 0 Å². The zero-order valence-electron chi connectivity index (χ0n) is 18.4. The fourth-order valence-electron chi connectivity index (χ4n) is 2.96. The van der Waals surface area contributed by atoms with Gasteiger partial charge < -0.3 is 20.7 Å². The number of carbonyl (C=O) groups excluding carboxylic acids is 3. The molecule has 1 atom stereocenters. The van der Waals surface area contributed by atoms with Crippen molar-refractivity contribution in [2.45, 2.75) is 45.8 Å². The Morgan fingerprint density at radius 2 is 1.78 bits per heavy atom. The third-order valence-corrected chi connectivity index (χ3v) is 5.16. The van der Waals surface area contributed by atoms with Gasteiger partial charge in [-0.25, -0.2) is 9.78 Å². The maximum absolute atomic E-state index is 13.0. The molecule has 0 saturated heterocycles. The van der Waals surface area contributed by atoms with Gasteiger partial charge in [-0.2, -0.15) is 0 Å². The van der Waals surface area contributed by atoms with Crippen LogP contribution in [-0.4, -0.2) is 34.5 Å². The number of rotatable bonds is 6. The van der Waals surface area contributed by atoms with Gasteiger partial charge in [0, 0.05) is 19.0 Å². The molecule has 0 fully saturated rings. The molecule has 0 bridgehead atoms. The average Bonchev–Trinajstić information content (AvgIpc) is 3.07. The fourth-order valence-corrected chi connectivity index (χ4v) is 3.87. The number of nitrogens with one attached hydrogen (secondary N) is 3. The van der Waals surface area contributed by atoms with E-state index in [-0.39, 0.29) is 5.91 Å². The van der Waals surface area contributed by atoms with E-state index < -0.39 is 23.6 Å². The first-order valence-corrected chi connectivity index (χ1v) is 10.9. The first-order chi connectivity index (χ1) is 15.1. The Morgan fingerprint density at radius 1 is 1.06 bits per heavy atom. The van der Waals surface area contributed by atoms with E-state index in [9.17, 15) is 14.4 Å². The predicted molar refractivity (Wildman–Crippen MR) is 126 cm³/mol. The lowest BCUT2D eigenvalue weighted by atomic mass is 10.1. The number of aromatic nitrogens is 1. The Bertz CT molecular complexity index is 1120. The highest BCUT2D eigenvalue weighted by Crippen LogP contribution is 2.28. The van der Waals surface area contributed by atoms with Gasteiger partial charge in [0.05, 0.1) is 10.2 Å². The lowest BCUT2D eigenvalue weighted by Gasteiger charge is -2.23. The molecule has 2 aromatic carbocycles. The summed E-state index contributed by atoms with van der Waals surface area (Å²) >= 11 is 1.28. The smallest absolute Gasteiger partial charge is 0.408 e. The Labute approximate surface area is 190 Å². The second-order valence-electron chi connectivity index (χ2n) is 8.26. The van der Waals surface area contributed by atoms with E-state index in [1.54, 1.807) is 39.0 Å². The number of anilines is 2. The van der Waals surface area contributed by atoms with E-state index in [0.29, 0.717) is 22.8 Å². The third kappa shape index (κ3) is 6.78. The van der Waals surface area contributed by atoms with Gasteiger partial charge in [-0.05, 0) is 44.5 Å². The molecule has 1 unspecified atom stereocenters. The van der Waals surface area contributed by atoms with Crippen molar-refractivity contribution in [3.05, 3.63) is 54.1 Å². The molecule has 0 aliphatic heterocycles. The van der Waals surface area contributed by atoms with Crippen molar-refractivity contribution in [1.82, 2.24) is 10.3 Å². The standard InChI is InChI=1S/C23H26N4O4S/c1-14(28)24-16-10-11-17-19(13-16)32-21(25-17)27-20(29)18(12-15-8-6-5-7-9-15)26-22(30)31-23(2,3)4/h5-11,13,18H,12H2,1-4H3,(H,24,28)(H,26,30)(H,25,27,29). The summed E-state index contributed by atoms with van der Waals surface area (Å²) in [5.41, 5.74) is 1.56.